The number of amides is 1. The van der Waals surface area contributed by atoms with Crippen LogP contribution in [0.15, 0.2) is 28.7 Å². The monoisotopic (exact) mass is 310 g/mol. The summed E-state index contributed by atoms with van der Waals surface area (Å²) in [7, 11) is 0. The Kier molecular flexibility index (Phi) is 4.78. The lowest BCUT2D eigenvalue weighted by Gasteiger charge is -2.24. The first kappa shape index (κ1) is 13.6. The third kappa shape index (κ3) is 3.56. The first-order valence-electron chi connectivity index (χ1n) is 6.43. The molecule has 1 aliphatic rings. The fourth-order valence-corrected chi connectivity index (χ4v) is 2.69. The van der Waals surface area contributed by atoms with E-state index in [0.29, 0.717) is 0 Å². The van der Waals surface area contributed by atoms with Crippen LogP contribution in [0.3, 0.4) is 0 Å². The summed E-state index contributed by atoms with van der Waals surface area (Å²) in [4.78, 5) is 12.1. The molecule has 98 valence electrons. The molecule has 0 bridgehead atoms. The van der Waals surface area contributed by atoms with Gasteiger partial charge in [-0.25, -0.2) is 0 Å². The quantitative estimate of drug-likeness (QED) is 0.901. The second-order valence-corrected chi connectivity index (χ2v) is 5.73. The average molecular weight is 311 g/mol. The Bertz CT molecular complexity index is 416. The van der Waals surface area contributed by atoms with Crippen LogP contribution in [0.1, 0.15) is 31.4 Å². The standard InChI is InChI=1S/C14H19BrN2O/c1-10(12-3-2-4-13(15)9-12)17-14(18)11-5-7-16-8-6-11/h2-4,9-11,16H,5-8H2,1H3,(H,17,18)/t10-/m1/s1. The first-order chi connectivity index (χ1) is 8.66. The molecule has 3 nitrogen and oxygen atoms in total. The van der Waals surface area contributed by atoms with E-state index in [1.54, 1.807) is 0 Å². The van der Waals surface area contributed by atoms with Gasteiger partial charge in [-0.1, -0.05) is 28.1 Å². The molecule has 1 fully saturated rings. The molecule has 4 heteroatoms. The summed E-state index contributed by atoms with van der Waals surface area (Å²) in [6.07, 6.45) is 1.88. The summed E-state index contributed by atoms with van der Waals surface area (Å²) in [5, 5.41) is 6.38. The van der Waals surface area contributed by atoms with Crippen LogP contribution < -0.4 is 10.6 Å². The number of hydrogen-bond acceptors (Lipinski definition) is 2. The number of carbonyl (C=O) groups excluding carboxylic acids is 1. The summed E-state index contributed by atoms with van der Waals surface area (Å²) in [6, 6.07) is 8.13. The summed E-state index contributed by atoms with van der Waals surface area (Å²) >= 11 is 3.45. The van der Waals surface area contributed by atoms with Gasteiger partial charge in [0.05, 0.1) is 6.04 Å². The number of benzene rings is 1. The Labute approximate surface area is 116 Å². The zero-order valence-electron chi connectivity index (χ0n) is 10.6. The van der Waals surface area contributed by atoms with Gasteiger partial charge >= 0.3 is 0 Å². The Hall–Kier alpha value is -0.870. The second kappa shape index (κ2) is 6.34. The van der Waals surface area contributed by atoms with Crippen molar-refractivity contribution in [2.75, 3.05) is 13.1 Å². The molecule has 0 unspecified atom stereocenters. The molecule has 0 saturated carbocycles. The number of hydrogen-bond donors (Lipinski definition) is 2. The van der Waals surface area contributed by atoms with Crippen LogP contribution in [0.4, 0.5) is 0 Å². The molecule has 0 spiro atoms. The van der Waals surface area contributed by atoms with Crippen LogP contribution >= 0.6 is 15.9 Å². The summed E-state index contributed by atoms with van der Waals surface area (Å²) in [5.41, 5.74) is 1.13. The molecule has 0 radical (unpaired) electrons. The topological polar surface area (TPSA) is 41.1 Å². The van der Waals surface area contributed by atoms with Crippen LogP contribution in [-0.4, -0.2) is 19.0 Å². The highest BCUT2D eigenvalue weighted by Crippen LogP contribution is 2.19. The molecule has 18 heavy (non-hydrogen) atoms. The predicted octanol–water partition coefficient (Wildman–Crippen LogP) is 2.63. The molecule has 2 rings (SSSR count). The van der Waals surface area contributed by atoms with Crippen molar-refractivity contribution in [1.29, 1.82) is 0 Å². The smallest absolute Gasteiger partial charge is 0.223 e. The number of nitrogens with one attached hydrogen (secondary N) is 2. The van der Waals surface area contributed by atoms with E-state index in [0.717, 1.165) is 36.0 Å². The molecule has 1 atom stereocenters. The molecule has 1 aromatic rings. The lowest BCUT2D eigenvalue weighted by molar-refractivity contribution is -0.126. The van der Waals surface area contributed by atoms with E-state index in [2.05, 4.69) is 26.6 Å². The van der Waals surface area contributed by atoms with E-state index < -0.39 is 0 Å². The van der Waals surface area contributed by atoms with Crippen molar-refractivity contribution in [2.45, 2.75) is 25.8 Å². The van der Waals surface area contributed by atoms with Crippen molar-refractivity contribution < 1.29 is 4.79 Å². The zero-order valence-corrected chi connectivity index (χ0v) is 12.2. The van der Waals surface area contributed by atoms with Gasteiger partial charge in [0, 0.05) is 10.4 Å². The highest BCUT2D eigenvalue weighted by Gasteiger charge is 2.22. The van der Waals surface area contributed by atoms with E-state index in [1.165, 1.54) is 0 Å². The van der Waals surface area contributed by atoms with Crippen LogP contribution in [-0.2, 0) is 4.79 Å². The maximum absolute atomic E-state index is 12.1. The van der Waals surface area contributed by atoms with Crippen molar-refractivity contribution in [3.05, 3.63) is 34.3 Å². The van der Waals surface area contributed by atoms with E-state index in [9.17, 15) is 4.79 Å². The third-order valence-corrected chi connectivity index (χ3v) is 3.91. The van der Waals surface area contributed by atoms with E-state index in [1.807, 2.05) is 31.2 Å². The molecular weight excluding hydrogens is 292 g/mol. The van der Waals surface area contributed by atoms with Gasteiger partial charge in [-0.05, 0) is 50.6 Å². The van der Waals surface area contributed by atoms with Gasteiger partial charge in [-0.3, -0.25) is 4.79 Å². The number of halogens is 1. The van der Waals surface area contributed by atoms with Gasteiger partial charge in [0.1, 0.15) is 0 Å². The average Bonchev–Trinajstić information content (AvgIpc) is 2.39. The highest BCUT2D eigenvalue weighted by atomic mass is 79.9. The maximum atomic E-state index is 12.1. The Morgan fingerprint density at radius 3 is 2.83 bits per heavy atom. The Balaban J connectivity index is 1.94. The van der Waals surface area contributed by atoms with Gasteiger partial charge in [0.25, 0.3) is 0 Å². The van der Waals surface area contributed by atoms with Gasteiger partial charge in [0.15, 0.2) is 0 Å². The summed E-state index contributed by atoms with van der Waals surface area (Å²) in [6.45, 7) is 3.92. The Morgan fingerprint density at radius 2 is 2.17 bits per heavy atom. The van der Waals surface area contributed by atoms with Gasteiger partial charge in [-0.2, -0.15) is 0 Å². The second-order valence-electron chi connectivity index (χ2n) is 4.81. The highest BCUT2D eigenvalue weighted by molar-refractivity contribution is 9.10. The molecule has 1 heterocycles. The lowest BCUT2D eigenvalue weighted by Crippen LogP contribution is -2.39. The van der Waals surface area contributed by atoms with Crippen LogP contribution in [0.2, 0.25) is 0 Å². The zero-order chi connectivity index (χ0) is 13.0. The summed E-state index contributed by atoms with van der Waals surface area (Å²) in [5.74, 6) is 0.352. The third-order valence-electron chi connectivity index (χ3n) is 3.42. The molecule has 1 aromatic carbocycles. The number of carbonyl (C=O) groups is 1. The molecule has 1 amide bonds. The van der Waals surface area contributed by atoms with Crippen LogP contribution in [0, 0.1) is 5.92 Å². The fraction of sp³-hybridized carbons (Fsp3) is 0.500. The van der Waals surface area contributed by atoms with E-state index in [-0.39, 0.29) is 17.9 Å². The Morgan fingerprint density at radius 1 is 1.44 bits per heavy atom. The molecule has 2 N–H and O–H groups in total. The maximum Gasteiger partial charge on any atom is 0.223 e. The van der Waals surface area contributed by atoms with E-state index in [4.69, 9.17) is 0 Å². The number of piperidine rings is 1. The SMILES string of the molecule is C[C@@H](NC(=O)C1CCNCC1)c1cccc(Br)c1. The lowest BCUT2D eigenvalue weighted by atomic mass is 9.96. The molecular formula is C14H19BrN2O. The largest absolute Gasteiger partial charge is 0.349 e. The molecule has 1 saturated heterocycles. The predicted molar refractivity (Wildman–Crippen MR) is 76.3 cm³/mol. The van der Waals surface area contributed by atoms with Gasteiger partial charge < -0.3 is 10.6 Å². The fourth-order valence-electron chi connectivity index (χ4n) is 2.27. The number of rotatable bonds is 3. The van der Waals surface area contributed by atoms with Crippen LogP contribution in [0.5, 0.6) is 0 Å². The first-order valence-corrected chi connectivity index (χ1v) is 7.22. The van der Waals surface area contributed by atoms with Crippen molar-refractivity contribution in [2.24, 2.45) is 5.92 Å². The van der Waals surface area contributed by atoms with Crippen molar-refractivity contribution in [3.8, 4) is 0 Å². The van der Waals surface area contributed by atoms with E-state index >= 15 is 0 Å². The van der Waals surface area contributed by atoms with Gasteiger partial charge in [0.2, 0.25) is 5.91 Å². The molecule has 0 aromatic heterocycles. The van der Waals surface area contributed by atoms with Crippen molar-refractivity contribution in [3.63, 3.8) is 0 Å². The minimum atomic E-state index is 0.0601. The summed E-state index contributed by atoms with van der Waals surface area (Å²) < 4.78 is 1.04. The molecule has 1 aliphatic heterocycles. The van der Waals surface area contributed by atoms with Crippen LogP contribution in [0.25, 0.3) is 0 Å². The van der Waals surface area contributed by atoms with Crippen molar-refractivity contribution in [1.82, 2.24) is 10.6 Å². The molecule has 0 aliphatic carbocycles. The van der Waals surface area contributed by atoms with Gasteiger partial charge in [-0.15, -0.1) is 0 Å². The normalized spacial score (nSPS) is 18.3. The minimum Gasteiger partial charge on any atom is -0.349 e. The van der Waals surface area contributed by atoms with Crippen molar-refractivity contribution >= 4 is 21.8 Å². The minimum absolute atomic E-state index is 0.0601.